The van der Waals surface area contributed by atoms with Crippen molar-refractivity contribution in [3.8, 4) is 5.75 Å². The summed E-state index contributed by atoms with van der Waals surface area (Å²) < 4.78 is 7.29. The molecule has 1 aliphatic rings. The highest BCUT2D eigenvalue weighted by Gasteiger charge is 2.23. The maximum atomic E-state index is 6.05. The van der Waals surface area contributed by atoms with Crippen LogP contribution in [0.25, 0.3) is 10.2 Å². The van der Waals surface area contributed by atoms with E-state index in [0.29, 0.717) is 10.0 Å². The maximum absolute atomic E-state index is 6.05. The molecule has 0 atom stereocenters. The Bertz CT molecular complexity index is 826. The van der Waals surface area contributed by atoms with E-state index in [1.54, 1.807) is 23.5 Å². The standard InChI is InChI=1S/C18H16Cl2N2OS/c19-14-6-5-13(11-15(14)20)23-12-7-9-22(10-8-12)18-21-16-3-1-2-4-17(16)24-18/h1-6,11-12H,7-10H2. The number of anilines is 1. The zero-order chi connectivity index (χ0) is 16.5. The molecule has 1 aromatic heterocycles. The lowest BCUT2D eigenvalue weighted by Crippen LogP contribution is -2.38. The number of hydrogen-bond donors (Lipinski definition) is 0. The molecule has 1 saturated heterocycles. The first-order valence-corrected chi connectivity index (χ1v) is 9.48. The largest absolute Gasteiger partial charge is 0.490 e. The fraction of sp³-hybridized carbons (Fsp3) is 0.278. The van der Waals surface area contributed by atoms with Gasteiger partial charge in [-0.3, -0.25) is 0 Å². The lowest BCUT2D eigenvalue weighted by molar-refractivity contribution is 0.171. The summed E-state index contributed by atoms with van der Waals surface area (Å²) in [5.74, 6) is 0.780. The summed E-state index contributed by atoms with van der Waals surface area (Å²) in [7, 11) is 0. The number of fused-ring (bicyclic) bond motifs is 1. The summed E-state index contributed by atoms with van der Waals surface area (Å²) in [6, 6.07) is 13.7. The minimum Gasteiger partial charge on any atom is -0.490 e. The summed E-state index contributed by atoms with van der Waals surface area (Å²) in [6.45, 7) is 1.90. The Morgan fingerprint density at radius 1 is 1.04 bits per heavy atom. The number of piperidine rings is 1. The third-order valence-corrected chi connectivity index (χ3v) is 6.03. The van der Waals surface area contributed by atoms with E-state index in [2.05, 4.69) is 23.1 Å². The predicted octanol–water partition coefficient (Wildman–Crippen LogP) is 5.65. The topological polar surface area (TPSA) is 25.4 Å². The zero-order valence-electron chi connectivity index (χ0n) is 12.9. The van der Waals surface area contributed by atoms with Crippen molar-refractivity contribution in [2.24, 2.45) is 0 Å². The van der Waals surface area contributed by atoms with Crippen molar-refractivity contribution < 1.29 is 4.74 Å². The van der Waals surface area contributed by atoms with Gasteiger partial charge in [-0.25, -0.2) is 4.98 Å². The summed E-state index contributed by atoms with van der Waals surface area (Å²) >= 11 is 13.7. The fourth-order valence-corrected chi connectivity index (χ4v) is 4.21. The molecule has 0 spiro atoms. The fourth-order valence-electron chi connectivity index (χ4n) is 2.90. The van der Waals surface area contributed by atoms with Gasteiger partial charge >= 0.3 is 0 Å². The minimum atomic E-state index is 0.202. The third-order valence-electron chi connectivity index (χ3n) is 4.19. The Kier molecular flexibility index (Phi) is 4.53. The molecule has 4 rings (SSSR count). The summed E-state index contributed by atoms with van der Waals surface area (Å²) in [4.78, 5) is 7.08. The molecule has 0 radical (unpaired) electrons. The molecular weight excluding hydrogens is 363 g/mol. The van der Waals surface area contributed by atoms with Crippen molar-refractivity contribution in [2.75, 3.05) is 18.0 Å². The summed E-state index contributed by atoms with van der Waals surface area (Å²) in [5.41, 5.74) is 1.08. The average Bonchev–Trinajstić information content (AvgIpc) is 3.03. The van der Waals surface area contributed by atoms with Crippen molar-refractivity contribution in [3.05, 3.63) is 52.5 Å². The van der Waals surface area contributed by atoms with Crippen LogP contribution in [0.2, 0.25) is 10.0 Å². The van der Waals surface area contributed by atoms with E-state index >= 15 is 0 Å². The van der Waals surface area contributed by atoms with Crippen LogP contribution in [0.1, 0.15) is 12.8 Å². The second kappa shape index (κ2) is 6.79. The average molecular weight is 379 g/mol. The Labute approximate surface area is 154 Å². The normalized spacial score (nSPS) is 15.8. The summed E-state index contributed by atoms with van der Waals surface area (Å²) in [6.07, 6.45) is 2.14. The van der Waals surface area contributed by atoms with Crippen LogP contribution in [0.15, 0.2) is 42.5 Å². The highest BCUT2D eigenvalue weighted by molar-refractivity contribution is 7.22. The molecule has 0 aliphatic carbocycles. The molecule has 0 saturated carbocycles. The molecule has 2 aromatic carbocycles. The number of para-hydroxylation sites is 1. The summed E-state index contributed by atoms with van der Waals surface area (Å²) in [5, 5.41) is 2.18. The van der Waals surface area contributed by atoms with Gasteiger partial charge in [-0.05, 0) is 24.3 Å². The van der Waals surface area contributed by atoms with Crippen molar-refractivity contribution in [1.82, 2.24) is 4.98 Å². The molecule has 0 N–H and O–H groups in total. The first-order chi connectivity index (χ1) is 11.7. The zero-order valence-corrected chi connectivity index (χ0v) is 15.2. The SMILES string of the molecule is Clc1ccc(OC2CCN(c3nc4ccccc4s3)CC2)cc1Cl. The number of aromatic nitrogens is 1. The molecule has 3 aromatic rings. The minimum absolute atomic E-state index is 0.202. The van der Waals surface area contributed by atoms with Crippen LogP contribution < -0.4 is 9.64 Å². The molecule has 1 aliphatic heterocycles. The Hall–Kier alpha value is -1.49. The van der Waals surface area contributed by atoms with Gasteiger partial charge in [0.1, 0.15) is 11.9 Å². The van der Waals surface area contributed by atoms with Gasteiger partial charge in [0, 0.05) is 32.0 Å². The number of halogens is 2. The molecule has 1 fully saturated rings. The van der Waals surface area contributed by atoms with E-state index in [1.165, 1.54) is 4.70 Å². The highest BCUT2D eigenvalue weighted by atomic mass is 35.5. The molecule has 0 bridgehead atoms. The molecule has 124 valence electrons. The van der Waals surface area contributed by atoms with Crippen LogP contribution in [-0.4, -0.2) is 24.2 Å². The smallest absolute Gasteiger partial charge is 0.186 e. The van der Waals surface area contributed by atoms with E-state index in [4.69, 9.17) is 32.9 Å². The van der Waals surface area contributed by atoms with Crippen LogP contribution in [0.3, 0.4) is 0 Å². The maximum Gasteiger partial charge on any atom is 0.186 e. The van der Waals surface area contributed by atoms with Gasteiger partial charge in [0.05, 0.1) is 20.3 Å². The van der Waals surface area contributed by atoms with Crippen molar-refractivity contribution in [2.45, 2.75) is 18.9 Å². The predicted molar refractivity (Wildman–Crippen MR) is 102 cm³/mol. The first-order valence-electron chi connectivity index (χ1n) is 7.91. The molecule has 24 heavy (non-hydrogen) atoms. The van der Waals surface area contributed by atoms with Gasteiger partial charge in [-0.1, -0.05) is 46.7 Å². The molecule has 2 heterocycles. The van der Waals surface area contributed by atoms with Crippen LogP contribution >= 0.6 is 34.5 Å². The molecule has 0 unspecified atom stereocenters. The monoisotopic (exact) mass is 378 g/mol. The lowest BCUT2D eigenvalue weighted by Gasteiger charge is -2.32. The lowest BCUT2D eigenvalue weighted by atomic mass is 10.1. The Morgan fingerprint density at radius 2 is 1.83 bits per heavy atom. The molecule has 6 heteroatoms. The van der Waals surface area contributed by atoms with Gasteiger partial charge in [0.15, 0.2) is 5.13 Å². The number of benzene rings is 2. The van der Waals surface area contributed by atoms with Crippen LogP contribution in [0.5, 0.6) is 5.75 Å². The van der Waals surface area contributed by atoms with Crippen LogP contribution in [0, 0.1) is 0 Å². The van der Waals surface area contributed by atoms with Gasteiger partial charge in [-0.15, -0.1) is 0 Å². The first kappa shape index (κ1) is 16.0. The van der Waals surface area contributed by atoms with Crippen molar-refractivity contribution in [1.29, 1.82) is 0 Å². The van der Waals surface area contributed by atoms with E-state index < -0.39 is 0 Å². The quantitative estimate of drug-likeness (QED) is 0.588. The molecule has 3 nitrogen and oxygen atoms in total. The second-order valence-electron chi connectivity index (χ2n) is 5.84. The highest BCUT2D eigenvalue weighted by Crippen LogP contribution is 2.32. The van der Waals surface area contributed by atoms with E-state index in [0.717, 1.165) is 42.3 Å². The van der Waals surface area contributed by atoms with E-state index in [1.807, 2.05) is 12.1 Å². The number of hydrogen-bond acceptors (Lipinski definition) is 4. The van der Waals surface area contributed by atoms with E-state index in [-0.39, 0.29) is 6.10 Å². The number of rotatable bonds is 3. The van der Waals surface area contributed by atoms with Crippen molar-refractivity contribution in [3.63, 3.8) is 0 Å². The van der Waals surface area contributed by atoms with Gasteiger partial charge in [0.2, 0.25) is 0 Å². The molecular formula is C18H16Cl2N2OS. The van der Waals surface area contributed by atoms with Gasteiger partial charge in [-0.2, -0.15) is 0 Å². The number of ether oxygens (including phenoxy) is 1. The van der Waals surface area contributed by atoms with E-state index in [9.17, 15) is 0 Å². The van der Waals surface area contributed by atoms with Crippen LogP contribution in [-0.2, 0) is 0 Å². The van der Waals surface area contributed by atoms with Gasteiger partial charge in [0.25, 0.3) is 0 Å². The number of nitrogens with zero attached hydrogens (tertiary/aromatic N) is 2. The second-order valence-corrected chi connectivity index (χ2v) is 7.67. The molecule has 0 amide bonds. The van der Waals surface area contributed by atoms with Crippen LogP contribution in [0.4, 0.5) is 5.13 Å². The number of thiazole rings is 1. The third kappa shape index (κ3) is 3.32. The Balaban J connectivity index is 1.40. The van der Waals surface area contributed by atoms with Crippen molar-refractivity contribution >= 4 is 49.9 Å². The van der Waals surface area contributed by atoms with Gasteiger partial charge < -0.3 is 9.64 Å². The Morgan fingerprint density at radius 3 is 2.58 bits per heavy atom.